The number of aliphatic carboxylic acids is 2. The minimum absolute atomic E-state index is 0.00868. The summed E-state index contributed by atoms with van der Waals surface area (Å²) >= 11 is 0.687. The highest BCUT2D eigenvalue weighted by Gasteiger charge is 2.50. The number of anilines is 1. The van der Waals surface area contributed by atoms with Gasteiger partial charge in [-0.15, -0.1) is 0 Å². The van der Waals surface area contributed by atoms with Gasteiger partial charge in [-0.25, -0.2) is 28.6 Å². The van der Waals surface area contributed by atoms with Crippen molar-refractivity contribution in [2.45, 2.75) is 63.8 Å². The zero-order chi connectivity index (χ0) is 44.5. The Morgan fingerprint density at radius 3 is 2.29 bits per heavy atom. The molecular weight excluding hydrogens is 883 g/mol. The van der Waals surface area contributed by atoms with E-state index in [9.17, 15) is 67.5 Å². The third kappa shape index (κ3) is 15.5. The molecule has 0 radical (unpaired) electrons. The summed E-state index contributed by atoms with van der Waals surface area (Å²) in [6.07, 6.45) is -8.54. The van der Waals surface area contributed by atoms with E-state index in [1.165, 1.54) is 13.8 Å². The number of carboxylic acids is 2. The number of amides is 2. The largest absolute Gasteiger partial charge is 0.481 e. The molecular formula is C27H42N7O21P3S. The van der Waals surface area contributed by atoms with E-state index in [0.29, 0.717) is 11.8 Å². The minimum atomic E-state index is -5.61. The van der Waals surface area contributed by atoms with Gasteiger partial charge in [0.1, 0.15) is 36.3 Å². The molecule has 1 fully saturated rings. The average molecular weight is 926 g/mol. The number of ether oxygens (including phenoxy) is 1. The number of nitrogen functional groups attached to an aromatic ring is 1. The van der Waals surface area contributed by atoms with Gasteiger partial charge in [-0.05, 0) is 0 Å². The number of aromatic nitrogens is 4. The number of imidazole rings is 1. The van der Waals surface area contributed by atoms with Crippen molar-refractivity contribution in [3.05, 3.63) is 12.7 Å². The summed E-state index contributed by atoms with van der Waals surface area (Å²) in [5.74, 6) is -5.90. The molecule has 1 aliphatic heterocycles. The first-order chi connectivity index (χ1) is 27.2. The fourth-order valence-electron chi connectivity index (χ4n) is 5.01. The summed E-state index contributed by atoms with van der Waals surface area (Å²) in [6.45, 7) is -0.0630. The van der Waals surface area contributed by atoms with E-state index in [1.54, 1.807) is 0 Å². The van der Waals surface area contributed by atoms with Crippen LogP contribution < -0.4 is 16.4 Å². The average Bonchev–Trinajstić information content (AvgIpc) is 3.67. The number of rotatable bonds is 24. The van der Waals surface area contributed by atoms with Crippen molar-refractivity contribution in [3.8, 4) is 0 Å². The maximum Gasteiger partial charge on any atom is 0.481 e. The van der Waals surface area contributed by atoms with Gasteiger partial charge in [0.05, 0.1) is 31.9 Å². The lowest BCUT2D eigenvalue weighted by Gasteiger charge is -2.30. The Kier molecular flexibility index (Phi) is 17.6. The van der Waals surface area contributed by atoms with Crippen molar-refractivity contribution in [1.82, 2.24) is 30.2 Å². The summed E-state index contributed by atoms with van der Waals surface area (Å²) in [6, 6.07) is 0. The van der Waals surface area contributed by atoms with Crippen LogP contribution in [0.5, 0.6) is 0 Å². The maximum atomic E-state index is 12.7. The van der Waals surface area contributed by atoms with Gasteiger partial charge in [0.15, 0.2) is 22.8 Å². The van der Waals surface area contributed by atoms with Crippen molar-refractivity contribution in [2.24, 2.45) is 11.3 Å². The second-order valence-electron chi connectivity index (χ2n) is 13.1. The second kappa shape index (κ2) is 20.8. The molecule has 0 spiro atoms. The van der Waals surface area contributed by atoms with Gasteiger partial charge >= 0.3 is 35.4 Å². The number of carboxylic acid groups (broad SMARTS) is 2. The van der Waals surface area contributed by atoms with Gasteiger partial charge in [-0.3, -0.25) is 42.1 Å². The Morgan fingerprint density at radius 1 is 1.00 bits per heavy atom. The summed E-state index contributed by atoms with van der Waals surface area (Å²) < 4.78 is 61.9. The SMILES string of the molecule is CC(C)(COP(=O)(O)OP(=O)(O)OCC1OC(n2cnc3c(N)ncnc32)C(O)C1OP(=O)(O)O)C(O)C(=O)NCCC(=O)NCCSC(=O)CC(CC(=O)O)C(=O)O. The molecule has 12 N–H and O–H groups in total. The molecule has 0 aliphatic carbocycles. The first kappa shape index (κ1) is 49.9. The summed E-state index contributed by atoms with van der Waals surface area (Å²) in [5.41, 5.74) is 4.14. The normalized spacial score (nSPS) is 21.6. The molecule has 0 bridgehead atoms. The molecule has 28 nitrogen and oxygen atoms in total. The zero-order valence-corrected chi connectivity index (χ0v) is 34.3. The molecule has 2 amide bonds. The number of aliphatic hydroxyl groups is 2. The van der Waals surface area contributed by atoms with Gasteiger partial charge in [0.25, 0.3) is 0 Å². The Hall–Kier alpha value is -3.50. The van der Waals surface area contributed by atoms with E-state index in [4.69, 9.17) is 29.7 Å². The van der Waals surface area contributed by atoms with Crippen molar-refractivity contribution >= 4 is 81.1 Å². The van der Waals surface area contributed by atoms with E-state index in [1.807, 2.05) is 0 Å². The molecule has 1 saturated heterocycles. The van der Waals surface area contributed by atoms with Gasteiger partial charge in [0, 0.05) is 37.1 Å². The minimum Gasteiger partial charge on any atom is -0.481 e. The number of fused-ring (bicyclic) bond motifs is 1. The number of nitrogens with one attached hydrogen (secondary N) is 2. The Balaban J connectivity index is 1.46. The van der Waals surface area contributed by atoms with Crippen molar-refractivity contribution in [2.75, 3.05) is 37.8 Å². The Morgan fingerprint density at radius 2 is 1.66 bits per heavy atom. The second-order valence-corrected chi connectivity index (χ2v) is 18.5. The number of phosphoric ester groups is 3. The summed E-state index contributed by atoms with van der Waals surface area (Å²) in [5, 5.41) is 43.3. The van der Waals surface area contributed by atoms with Gasteiger partial charge < -0.3 is 61.1 Å². The lowest BCUT2D eigenvalue weighted by atomic mass is 9.87. The standard InChI is InChI=1S/C27H42N7O21P3S/c1-27(2,21(40)24(41)30-4-3-15(35)29-5-6-59-17(38)8-13(26(42)43)7-16(36)37)10-52-58(49,50)55-57(47,48)51-9-14-20(54-56(44,45)46)19(39)25(53-14)34-12-33-18-22(28)31-11-32-23(18)34/h11-14,19-21,25,39-40H,3-10H2,1-2H3,(H,29,35)(H,30,41)(H,36,37)(H,42,43)(H,47,48)(H,49,50)(H2,28,31,32)(H2,44,45,46). The number of hydrogen-bond acceptors (Lipinski definition) is 20. The molecule has 8 atom stereocenters. The third-order valence-corrected chi connectivity index (χ3v) is 11.9. The molecule has 2 aromatic rings. The summed E-state index contributed by atoms with van der Waals surface area (Å²) in [4.78, 5) is 109. The fourth-order valence-corrected chi connectivity index (χ4v) is 8.59. The van der Waals surface area contributed by atoms with Crippen molar-refractivity contribution < 1.29 is 100 Å². The molecule has 332 valence electrons. The Labute approximate surface area is 336 Å². The predicted octanol–water partition coefficient (Wildman–Crippen LogP) is -1.77. The molecule has 0 aromatic carbocycles. The molecule has 2 aromatic heterocycles. The highest BCUT2D eigenvalue weighted by molar-refractivity contribution is 8.13. The first-order valence-electron chi connectivity index (χ1n) is 16.7. The number of thioether (sulfide) groups is 1. The Bertz CT molecular complexity index is 2000. The van der Waals surface area contributed by atoms with E-state index in [2.05, 4.69) is 34.4 Å². The quantitative estimate of drug-likeness (QED) is 0.0410. The van der Waals surface area contributed by atoms with Crippen LogP contribution in [0.4, 0.5) is 5.82 Å². The number of hydrogen-bond donors (Lipinski definition) is 11. The van der Waals surface area contributed by atoms with Gasteiger partial charge in [0.2, 0.25) is 11.8 Å². The predicted molar refractivity (Wildman–Crippen MR) is 195 cm³/mol. The van der Waals surface area contributed by atoms with Crippen LogP contribution in [0.15, 0.2) is 12.7 Å². The van der Waals surface area contributed by atoms with Crippen LogP contribution in [0, 0.1) is 11.3 Å². The topological polar surface area (TPSA) is 438 Å². The lowest BCUT2D eigenvalue weighted by molar-refractivity contribution is -0.149. The molecule has 3 rings (SSSR count). The molecule has 3 heterocycles. The third-order valence-electron chi connectivity index (χ3n) is 7.95. The van der Waals surface area contributed by atoms with E-state index >= 15 is 0 Å². The number of nitrogens with two attached hydrogens (primary N) is 1. The lowest BCUT2D eigenvalue weighted by Crippen LogP contribution is -2.46. The van der Waals surface area contributed by atoms with Crippen LogP contribution in [0.3, 0.4) is 0 Å². The van der Waals surface area contributed by atoms with E-state index in [0.717, 1.165) is 17.2 Å². The fraction of sp³-hybridized carbons (Fsp3) is 0.630. The first-order valence-corrected chi connectivity index (χ1v) is 22.2. The molecule has 1 aliphatic rings. The highest BCUT2D eigenvalue weighted by atomic mass is 32.2. The summed E-state index contributed by atoms with van der Waals surface area (Å²) in [7, 11) is -16.5. The van der Waals surface area contributed by atoms with Crippen molar-refractivity contribution in [3.63, 3.8) is 0 Å². The van der Waals surface area contributed by atoms with Crippen molar-refractivity contribution in [1.29, 1.82) is 0 Å². The van der Waals surface area contributed by atoms with Gasteiger partial charge in [-0.2, -0.15) is 4.31 Å². The number of aliphatic hydroxyl groups excluding tert-OH is 2. The van der Waals surface area contributed by atoms with Crippen LogP contribution >= 0.6 is 35.2 Å². The van der Waals surface area contributed by atoms with Crippen LogP contribution in [0.25, 0.3) is 11.2 Å². The van der Waals surface area contributed by atoms with Crippen LogP contribution in [-0.4, -0.2) is 145 Å². The monoisotopic (exact) mass is 925 g/mol. The van der Waals surface area contributed by atoms with Gasteiger partial charge in [-0.1, -0.05) is 25.6 Å². The van der Waals surface area contributed by atoms with E-state index in [-0.39, 0.29) is 42.2 Å². The molecule has 59 heavy (non-hydrogen) atoms. The number of carbonyl (C=O) groups is 5. The number of nitrogens with zero attached hydrogens (tertiary/aromatic N) is 4. The van der Waals surface area contributed by atoms with E-state index < -0.39 is 120 Å². The zero-order valence-electron chi connectivity index (χ0n) is 30.8. The smallest absolute Gasteiger partial charge is 0.481 e. The van der Waals surface area contributed by atoms with Crippen LogP contribution in [0.1, 0.15) is 39.3 Å². The molecule has 32 heteroatoms. The number of phosphoric acid groups is 3. The number of carbonyl (C=O) groups excluding carboxylic acids is 3. The molecule has 8 unspecified atom stereocenters. The maximum absolute atomic E-state index is 12.7. The van der Waals surface area contributed by atoms with Crippen LogP contribution in [0.2, 0.25) is 0 Å². The highest BCUT2D eigenvalue weighted by Crippen LogP contribution is 2.61. The van der Waals surface area contributed by atoms with Crippen LogP contribution in [-0.2, 0) is 60.3 Å². The molecule has 0 saturated carbocycles.